The summed E-state index contributed by atoms with van der Waals surface area (Å²) in [5, 5.41) is 2.70. The monoisotopic (exact) mass is 221 g/mol. The van der Waals surface area contributed by atoms with Crippen LogP contribution in [0.2, 0.25) is 19.6 Å². The number of carbonyl (C=O) groups excluding carboxylic acids is 1. The van der Waals surface area contributed by atoms with Crippen LogP contribution in [-0.2, 0) is 9.46 Å². The van der Waals surface area contributed by atoms with Crippen LogP contribution in [-0.4, -0.2) is 30.3 Å². The molecule has 0 aliphatic rings. The number of rotatable bonds is 4. The van der Waals surface area contributed by atoms with Gasteiger partial charge in [-0.3, -0.25) is 4.89 Å². The summed E-state index contributed by atoms with van der Waals surface area (Å²) in [4.78, 5) is 15.7. The number of nitrogens with one attached hydrogen (secondary N) is 1. The van der Waals surface area contributed by atoms with Crippen molar-refractivity contribution in [3.8, 4) is 0 Å². The van der Waals surface area contributed by atoms with E-state index < -0.39 is 14.4 Å². The van der Waals surface area contributed by atoms with Crippen LogP contribution in [0.15, 0.2) is 0 Å². The largest absolute Gasteiger partial charge is 0.437 e. The van der Waals surface area contributed by atoms with Crippen LogP contribution in [0, 0.1) is 0 Å². The van der Waals surface area contributed by atoms with Gasteiger partial charge in [0.1, 0.15) is 0 Å². The van der Waals surface area contributed by atoms with E-state index in [0.717, 1.165) is 16.7 Å². The molecule has 78 valence electrons. The molecule has 0 rings (SSSR count). The lowest BCUT2D eigenvalue weighted by atomic mass is 10.5. The normalized spacial score (nSPS) is 13.8. The maximum atomic E-state index is 11.0. The molecular weight excluding hydrogens is 202 g/mol. The van der Waals surface area contributed by atoms with Crippen molar-refractivity contribution in [3.63, 3.8) is 0 Å². The van der Waals surface area contributed by atoms with Crippen LogP contribution in [0.4, 0.5) is 4.79 Å². The molecule has 1 atom stereocenters. The van der Waals surface area contributed by atoms with Gasteiger partial charge < -0.3 is 5.32 Å². The number of amides is 1. The summed E-state index contributed by atoms with van der Waals surface area (Å²) in [6, 6.07) is 0. The third-order valence-electron chi connectivity index (χ3n) is 1.34. The van der Waals surface area contributed by atoms with Crippen molar-refractivity contribution in [3.05, 3.63) is 0 Å². The first-order chi connectivity index (χ1) is 5.85. The molecule has 0 radical (unpaired) electrons. The van der Waals surface area contributed by atoms with Gasteiger partial charge in [0.15, 0.2) is 0 Å². The van der Waals surface area contributed by atoms with Gasteiger partial charge in [-0.15, -0.1) is 0 Å². The molecule has 0 spiro atoms. The zero-order chi connectivity index (χ0) is 10.5. The van der Waals surface area contributed by atoms with E-state index >= 15 is 0 Å². The molecule has 0 saturated heterocycles. The van der Waals surface area contributed by atoms with Gasteiger partial charge in [0, 0.05) is 15.9 Å². The summed E-state index contributed by atoms with van der Waals surface area (Å²) in [6.45, 7) is 7.89. The fourth-order valence-corrected chi connectivity index (χ4v) is 1.05. The van der Waals surface area contributed by atoms with Crippen molar-refractivity contribution >= 4 is 24.7 Å². The van der Waals surface area contributed by atoms with Crippen molar-refractivity contribution < 1.29 is 14.3 Å². The molecule has 4 nitrogen and oxygen atoms in total. The summed E-state index contributed by atoms with van der Waals surface area (Å²) in [6.07, 6.45) is 0.470. The molecule has 6 heteroatoms. The first kappa shape index (κ1) is 12.7. The minimum absolute atomic E-state index is 0.262. The standard InChI is InChI=1S/C7H19NO3Si2/c1-5-6(12)8-7(9)10-11-13(2,3)4/h6H,5H2,1-4,12H3,(H,8,9). The highest BCUT2D eigenvalue weighted by Crippen LogP contribution is 2.02. The minimum atomic E-state index is -1.75. The Hall–Kier alpha value is -0.336. The molecular formula is C7H19NO3Si2. The van der Waals surface area contributed by atoms with Crippen molar-refractivity contribution in [2.75, 3.05) is 0 Å². The molecule has 0 bridgehead atoms. The number of hydrogen-bond donors (Lipinski definition) is 1. The smallest absolute Gasteiger partial charge is 0.320 e. The van der Waals surface area contributed by atoms with Crippen molar-refractivity contribution in [1.29, 1.82) is 0 Å². The molecule has 1 unspecified atom stereocenters. The topological polar surface area (TPSA) is 47.6 Å². The lowest BCUT2D eigenvalue weighted by molar-refractivity contribution is -0.153. The molecule has 0 heterocycles. The molecule has 0 aromatic heterocycles. The Morgan fingerprint density at radius 1 is 1.54 bits per heavy atom. The van der Waals surface area contributed by atoms with E-state index in [2.05, 4.69) is 10.2 Å². The van der Waals surface area contributed by atoms with Crippen molar-refractivity contribution in [2.45, 2.75) is 38.7 Å². The Balaban J connectivity index is 3.64. The first-order valence-electron chi connectivity index (χ1n) is 4.51. The lowest BCUT2D eigenvalue weighted by Gasteiger charge is -2.16. The third-order valence-corrected chi connectivity index (χ3v) is 3.03. The Labute approximate surface area is 83.5 Å². The Kier molecular flexibility index (Phi) is 5.27. The second-order valence-electron chi connectivity index (χ2n) is 4.02. The Morgan fingerprint density at radius 3 is 2.46 bits per heavy atom. The van der Waals surface area contributed by atoms with Gasteiger partial charge in [0.05, 0.1) is 0 Å². The summed E-state index contributed by atoms with van der Waals surface area (Å²) in [7, 11) is -0.825. The van der Waals surface area contributed by atoms with E-state index in [0.29, 0.717) is 0 Å². The van der Waals surface area contributed by atoms with Gasteiger partial charge in [-0.05, 0) is 26.1 Å². The van der Waals surface area contributed by atoms with Crippen LogP contribution < -0.4 is 5.32 Å². The second kappa shape index (κ2) is 5.41. The van der Waals surface area contributed by atoms with Gasteiger partial charge in [-0.25, -0.2) is 9.37 Å². The molecule has 0 saturated carbocycles. The van der Waals surface area contributed by atoms with Crippen LogP contribution >= 0.6 is 0 Å². The zero-order valence-corrected chi connectivity index (χ0v) is 12.0. The second-order valence-corrected chi connectivity index (χ2v) is 9.81. The SMILES string of the molecule is CCC([SiH3])NC(=O)OO[Si](C)(C)C. The van der Waals surface area contributed by atoms with Gasteiger partial charge in [-0.2, -0.15) is 0 Å². The quantitative estimate of drug-likeness (QED) is 0.429. The summed E-state index contributed by atoms with van der Waals surface area (Å²) >= 11 is 0. The fraction of sp³-hybridized carbons (Fsp3) is 0.857. The Morgan fingerprint density at radius 2 is 2.08 bits per heavy atom. The summed E-state index contributed by atoms with van der Waals surface area (Å²) in [5.74, 6) is 0. The third kappa shape index (κ3) is 8.01. The van der Waals surface area contributed by atoms with Gasteiger partial charge in [0.25, 0.3) is 0 Å². The predicted molar refractivity (Wildman–Crippen MR) is 58.1 cm³/mol. The van der Waals surface area contributed by atoms with Gasteiger partial charge >= 0.3 is 6.09 Å². The van der Waals surface area contributed by atoms with E-state index in [-0.39, 0.29) is 5.67 Å². The van der Waals surface area contributed by atoms with Crippen molar-refractivity contribution in [2.24, 2.45) is 0 Å². The van der Waals surface area contributed by atoms with E-state index in [4.69, 9.17) is 4.58 Å². The van der Waals surface area contributed by atoms with E-state index in [1.807, 2.05) is 26.6 Å². The van der Waals surface area contributed by atoms with Crippen LogP contribution in [0.5, 0.6) is 0 Å². The molecule has 0 aromatic rings. The highest BCUT2D eigenvalue weighted by atomic mass is 28.4. The lowest BCUT2D eigenvalue weighted by Crippen LogP contribution is -2.37. The van der Waals surface area contributed by atoms with Gasteiger partial charge in [0.2, 0.25) is 8.32 Å². The predicted octanol–water partition coefficient (Wildman–Crippen LogP) is 0.581. The first-order valence-corrected chi connectivity index (χ1v) is 9.07. The molecule has 1 N–H and O–H groups in total. The van der Waals surface area contributed by atoms with E-state index in [9.17, 15) is 4.79 Å². The highest BCUT2D eigenvalue weighted by molar-refractivity contribution is 6.69. The highest BCUT2D eigenvalue weighted by Gasteiger charge is 2.19. The van der Waals surface area contributed by atoms with E-state index in [1.165, 1.54) is 0 Å². The maximum absolute atomic E-state index is 11.0. The average Bonchev–Trinajstić information content (AvgIpc) is 1.99. The minimum Gasteiger partial charge on any atom is -0.320 e. The van der Waals surface area contributed by atoms with Gasteiger partial charge in [-0.1, -0.05) is 6.92 Å². The molecule has 0 aliphatic carbocycles. The molecule has 13 heavy (non-hydrogen) atoms. The number of hydrogen-bond acceptors (Lipinski definition) is 3. The Bertz CT molecular complexity index is 170. The van der Waals surface area contributed by atoms with E-state index in [1.54, 1.807) is 0 Å². The number of carbonyl (C=O) groups is 1. The molecule has 0 aliphatic heterocycles. The summed E-state index contributed by atoms with van der Waals surface area (Å²) < 4.78 is 4.98. The maximum Gasteiger partial charge on any atom is 0.437 e. The zero-order valence-electron chi connectivity index (χ0n) is 9.01. The van der Waals surface area contributed by atoms with Crippen molar-refractivity contribution in [1.82, 2.24) is 5.32 Å². The molecule has 0 fully saturated rings. The summed E-state index contributed by atoms with van der Waals surface area (Å²) in [5.41, 5.74) is 0.262. The fourth-order valence-electron chi connectivity index (χ4n) is 0.490. The van der Waals surface area contributed by atoms with Crippen LogP contribution in [0.3, 0.4) is 0 Å². The molecule has 1 amide bonds. The average molecular weight is 221 g/mol. The molecule has 0 aromatic carbocycles. The van der Waals surface area contributed by atoms with Crippen LogP contribution in [0.25, 0.3) is 0 Å². The van der Waals surface area contributed by atoms with Crippen LogP contribution in [0.1, 0.15) is 13.3 Å².